The van der Waals surface area contributed by atoms with Crippen LogP contribution in [0.25, 0.3) is 63.0 Å². The molecule has 4 aliphatic carbocycles. The van der Waals surface area contributed by atoms with Gasteiger partial charge in [-0.1, -0.05) is 168 Å². The highest BCUT2D eigenvalue weighted by atomic mass is 32.1. The molecule has 0 N–H and O–H groups in total. The maximum absolute atomic E-state index is 20.3. The molecule has 406 valence electrons. The smallest absolute Gasteiger partial charge is 0.194 e. The van der Waals surface area contributed by atoms with E-state index in [0.29, 0.717) is 41.8 Å². The minimum absolute atomic E-state index is 0.168. The van der Waals surface area contributed by atoms with E-state index >= 15 is 8.78 Å². The van der Waals surface area contributed by atoms with Crippen LogP contribution in [-0.2, 0) is 10.8 Å². The van der Waals surface area contributed by atoms with Gasteiger partial charge in [0.1, 0.15) is 47.1 Å². The second-order valence-corrected chi connectivity index (χ2v) is 26.5. The van der Waals surface area contributed by atoms with Crippen molar-refractivity contribution in [2.45, 2.75) is 38.5 Å². The van der Waals surface area contributed by atoms with Crippen LogP contribution in [0.5, 0.6) is 0 Å². The SMILES string of the molecule is Cc1ccc(C2(c3ccc(C)cc3)c3c(F)c4c(c(F)c3-c3sc5cc(/C=C6\C(=O)c7ccccc7C6=C(C#N)C#N)sc5c32)C(c2ccc(C)cc2)(c2ccc(C)cc2)c2c-4sc3cc(/C=C4\C(=O)c5ccccc5C4=C(C#N)C#N)sc23)cc1. The van der Waals surface area contributed by atoms with Gasteiger partial charge in [-0.3, -0.25) is 9.59 Å². The summed E-state index contributed by atoms with van der Waals surface area (Å²) in [7, 11) is 0. The predicted molar refractivity (Wildman–Crippen MR) is 340 cm³/mol. The second kappa shape index (κ2) is 19.3. The van der Waals surface area contributed by atoms with Crippen molar-refractivity contribution in [3.63, 3.8) is 0 Å². The topological polar surface area (TPSA) is 129 Å². The second-order valence-electron chi connectivity index (χ2n) is 22.2. The van der Waals surface area contributed by atoms with Crippen LogP contribution in [0.3, 0.4) is 0 Å². The van der Waals surface area contributed by atoms with Crippen molar-refractivity contribution < 1.29 is 18.4 Å². The molecule has 4 aliphatic rings. The van der Waals surface area contributed by atoms with Gasteiger partial charge in [-0.15, -0.1) is 45.3 Å². The van der Waals surface area contributed by atoms with Gasteiger partial charge in [0.2, 0.25) is 0 Å². The van der Waals surface area contributed by atoms with Gasteiger partial charge >= 0.3 is 0 Å². The van der Waals surface area contributed by atoms with E-state index in [-0.39, 0.29) is 67.3 Å². The maximum Gasteiger partial charge on any atom is 0.194 e. The monoisotopic (exact) mass is 1180 g/mol. The number of nitrogens with zero attached hydrogens (tertiary/aromatic N) is 4. The summed E-state index contributed by atoms with van der Waals surface area (Å²) in [6.07, 6.45) is 3.49. The Balaban J connectivity index is 1.05. The molecule has 7 aromatic carbocycles. The maximum atomic E-state index is 20.3. The number of Topliss-reactive ketones (excluding diaryl/α,β-unsaturated/α-hetero) is 2. The van der Waals surface area contributed by atoms with Gasteiger partial charge in [0.05, 0.1) is 20.2 Å². The molecule has 0 radical (unpaired) electrons. The molecule has 0 atom stereocenters. The van der Waals surface area contributed by atoms with E-state index in [1.807, 2.05) is 161 Å². The molecule has 0 amide bonds. The fourth-order valence-electron chi connectivity index (χ4n) is 13.7. The number of hydrogen-bond donors (Lipinski definition) is 0. The fourth-order valence-corrected chi connectivity index (χ4v) is 19.2. The van der Waals surface area contributed by atoms with Gasteiger partial charge in [0.15, 0.2) is 11.6 Å². The molecule has 0 aliphatic heterocycles. The zero-order valence-electron chi connectivity index (χ0n) is 46.2. The average Bonchev–Trinajstić information content (AvgIpc) is 1.48. The Hall–Kier alpha value is -10.0. The van der Waals surface area contributed by atoms with Crippen LogP contribution in [0.4, 0.5) is 8.78 Å². The zero-order chi connectivity index (χ0) is 59.2. The third-order valence-corrected chi connectivity index (χ3v) is 22.2. The third-order valence-electron chi connectivity index (χ3n) is 17.5. The summed E-state index contributed by atoms with van der Waals surface area (Å²) in [5, 5.41) is 40.8. The summed E-state index contributed by atoms with van der Waals surface area (Å²) in [6.45, 7) is 7.99. The molecule has 0 saturated carbocycles. The Bertz CT molecular complexity index is 4790. The van der Waals surface area contributed by atoms with Crippen molar-refractivity contribution in [2.24, 2.45) is 0 Å². The van der Waals surface area contributed by atoms with E-state index in [4.69, 9.17) is 0 Å². The lowest BCUT2D eigenvalue weighted by molar-refractivity contribution is 0.103. The van der Waals surface area contributed by atoms with Gasteiger partial charge in [0.25, 0.3) is 0 Å². The molecule has 0 spiro atoms. The quantitative estimate of drug-likeness (QED) is 0.120. The number of aryl methyl sites for hydroxylation is 4. The van der Waals surface area contributed by atoms with Crippen LogP contribution < -0.4 is 0 Å². The summed E-state index contributed by atoms with van der Waals surface area (Å²) in [5.74, 6) is -1.72. The van der Waals surface area contributed by atoms with E-state index < -0.39 is 22.5 Å². The Morgan fingerprint density at radius 1 is 0.419 bits per heavy atom. The van der Waals surface area contributed by atoms with E-state index in [1.165, 1.54) is 45.3 Å². The summed E-state index contributed by atoms with van der Waals surface area (Å²) in [6, 6.07) is 58.2. The highest BCUT2D eigenvalue weighted by Crippen LogP contribution is 2.70. The minimum Gasteiger partial charge on any atom is -0.289 e. The lowest BCUT2D eigenvalue weighted by Crippen LogP contribution is -2.32. The van der Waals surface area contributed by atoms with E-state index in [9.17, 15) is 30.6 Å². The number of fused-ring (bicyclic) bond motifs is 12. The van der Waals surface area contributed by atoms with Gasteiger partial charge < -0.3 is 0 Å². The summed E-state index contributed by atoms with van der Waals surface area (Å²) < 4.78 is 43.8. The fraction of sp³-hybridized carbons (Fsp3) is 0.0811. The standard InChI is InChI=1S/C74H40F2N4O2S4/c1-37-13-21-43(22-14-37)73(44-23-15-38(2)16-24-44)61-59(71-63(73)69-55(85-71)31-47(83-69)29-53-57(41(33-77)34-78)49-9-5-7-11-51(49)67(53)81)66(76)62-60(65(61)75)72-64(74(62,45-25-17-39(3)18-26-45)46-27-19-40(4)20-28-46)70-56(86-72)32-48(84-70)30-54-58(42(35-79)36-80)50-10-6-8-12-52(50)68(54)82/h5-32H,1-4H3/b53-29-,54-30-. The molecule has 4 heterocycles. The first-order chi connectivity index (χ1) is 41.8. The molecule has 15 rings (SSSR count). The zero-order valence-corrected chi connectivity index (χ0v) is 49.4. The van der Waals surface area contributed by atoms with Crippen LogP contribution in [0, 0.1) is 84.7 Å². The van der Waals surface area contributed by atoms with Crippen LogP contribution in [0.1, 0.15) is 108 Å². The molecule has 6 nitrogen and oxygen atoms in total. The van der Waals surface area contributed by atoms with Crippen LogP contribution in [0.2, 0.25) is 0 Å². The first-order valence-electron chi connectivity index (χ1n) is 27.6. The predicted octanol–water partition coefficient (Wildman–Crippen LogP) is 18.6. The van der Waals surface area contributed by atoms with Gasteiger partial charge in [-0.2, -0.15) is 21.0 Å². The number of rotatable bonds is 6. The molecule has 12 heteroatoms. The van der Waals surface area contributed by atoms with Gasteiger partial charge in [0, 0.05) is 95.7 Å². The van der Waals surface area contributed by atoms with Crippen molar-refractivity contribution in [3.05, 3.63) is 290 Å². The first-order valence-corrected chi connectivity index (χ1v) is 30.8. The molecule has 0 bridgehead atoms. The van der Waals surface area contributed by atoms with Crippen molar-refractivity contribution >= 4 is 99.0 Å². The van der Waals surface area contributed by atoms with Crippen LogP contribution >= 0.6 is 45.3 Å². The van der Waals surface area contributed by atoms with Gasteiger partial charge in [-0.05, 0) is 85.4 Å². The Labute approximate surface area is 509 Å². The number of benzene rings is 7. The van der Waals surface area contributed by atoms with Crippen molar-refractivity contribution in [2.75, 3.05) is 0 Å². The molecular formula is C74H40F2N4O2S4. The first kappa shape index (κ1) is 52.8. The average molecular weight is 1180 g/mol. The minimum atomic E-state index is -1.45. The third kappa shape index (κ3) is 7.08. The number of carbonyl (C=O) groups is 2. The molecule has 0 fully saturated rings. The van der Waals surface area contributed by atoms with Crippen molar-refractivity contribution in [3.8, 4) is 45.2 Å². The Kier molecular flexibility index (Phi) is 11.8. The number of allylic oxidation sites excluding steroid dienone is 6. The molecule has 11 aromatic rings. The number of hydrogen-bond acceptors (Lipinski definition) is 10. The molecule has 0 saturated heterocycles. The summed E-state index contributed by atoms with van der Waals surface area (Å²) in [5.41, 5.74) is 8.58. The Morgan fingerprint density at radius 2 is 0.721 bits per heavy atom. The van der Waals surface area contributed by atoms with Crippen molar-refractivity contribution in [1.82, 2.24) is 0 Å². The Morgan fingerprint density at radius 3 is 1.02 bits per heavy atom. The number of nitriles is 4. The normalized spacial score (nSPS) is 15.5. The van der Waals surface area contributed by atoms with Crippen LogP contribution in [0.15, 0.2) is 180 Å². The highest BCUT2D eigenvalue weighted by Gasteiger charge is 2.59. The number of ketones is 2. The molecule has 4 aromatic heterocycles. The molecule has 0 unspecified atom stereocenters. The highest BCUT2D eigenvalue weighted by molar-refractivity contribution is 7.31. The molecule has 86 heavy (non-hydrogen) atoms. The lowest BCUT2D eigenvalue weighted by Gasteiger charge is -2.36. The largest absolute Gasteiger partial charge is 0.289 e. The lowest BCUT2D eigenvalue weighted by atomic mass is 9.65. The van der Waals surface area contributed by atoms with Crippen molar-refractivity contribution in [1.29, 1.82) is 21.0 Å². The van der Waals surface area contributed by atoms with E-state index in [1.54, 1.807) is 60.7 Å². The molecular weight excluding hydrogens is 1140 g/mol. The van der Waals surface area contributed by atoms with E-state index in [0.717, 1.165) is 74.4 Å². The van der Waals surface area contributed by atoms with Crippen LogP contribution in [-0.4, -0.2) is 11.6 Å². The number of carbonyl (C=O) groups excluding carboxylic acids is 2. The summed E-state index contributed by atoms with van der Waals surface area (Å²) >= 11 is 5.58. The van der Waals surface area contributed by atoms with Gasteiger partial charge in [-0.25, -0.2) is 8.78 Å². The number of thiophene rings is 4. The summed E-state index contributed by atoms with van der Waals surface area (Å²) in [4.78, 5) is 31.1. The number of halogens is 2. The van der Waals surface area contributed by atoms with E-state index in [2.05, 4.69) is 0 Å².